The van der Waals surface area contributed by atoms with Gasteiger partial charge in [0.1, 0.15) is 5.78 Å². The average Bonchev–Trinajstić information content (AvgIpc) is 3.05. The number of rotatable bonds is 8. The van der Waals surface area contributed by atoms with Crippen LogP contribution < -0.4 is 0 Å². The maximum Gasteiger partial charge on any atom is 0.162 e. The Morgan fingerprint density at radius 2 is 1.07 bits per heavy atom. The van der Waals surface area contributed by atoms with E-state index in [0.29, 0.717) is 36.8 Å². The third kappa shape index (κ3) is 5.48. The lowest BCUT2D eigenvalue weighted by molar-refractivity contribution is -0.124. The Morgan fingerprint density at radius 1 is 0.714 bits per heavy atom. The van der Waals surface area contributed by atoms with Crippen LogP contribution in [0.3, 0.4) is 0 Å². The van der Waals surface area contributed by atoms with E-state index >= 15 is 0 Å². The smallest absolute Gasteiger partial charge is 0.162 e. The normalized spacial score (nSPS) is 19.0. The van der Waals surface area contributed by atoms with Crippen molar-refractivity contribution >= 4 is 49.2 Å². The van der Waals surface area contributed by atoms with E-state index in [2.05, 4.69) is 31.9 Å². The number of hydrogen-bond donors (Lipinski definition) is 0. The second kappa shape index (κ2) is 9.75. The highest BCUT2D eigenvalue weighted by Crippen LogP contribution is 2.34. The van der Waals surface area contributed by atoms with Gasteiger partial charge >= 0.3 is 0 Å². The minimum Gasteiger partial charge on any atom is -0.299 e. The summed E-state index contributed by atoms with van der Waals surface area (Å²) in [5.74, 6) is 0.287. The number of benzene rings is 2. The summed E-state index contributed by atoms with van der Waals surface area (Å²) in [5, 5.41) is 0. The van der Waals surface area contributed by atoms with Crippen molar-refractivity contribution in [3.8, 4) is 0 Å². The van der Waals surface area contributed by atoms with Crippen LogP contribution >= 0.6 is 31.9 Å². The van der Waals surface area contributed by atoms with Crippen LogP contribution in [0.2, 0.25) is 0 Å². The van der Waals surface area contributed by atoms with Crippen molar-refractivity contribution in [1.29, 1.82) is 0 Å². The molecular weight excluding hydrogens is 484 g/mol. The minimum absolute atomic E-state index is 0.0489. The monoisotopic (exact) mass is 504 g/mol. The third-order valence-electron chi connectivity index (χ3n) is 5.44. The van der Waals surface area contributed by atoms with Gasteiger partial charge in [-0.05, 0) is 49.9 Å². The topological polar surface area (TPSA) is 51.2 Å². The number of halogens is 2. The van der Waals surface area contributed by atoms with E-state index in [9.17, 15) is 14.4 Å². The highest BCUT2D eigenvalue weighted by molar-refractivity contribution is 9.10. The van der Waals surface area contributed by atoms with E-state index < -0.39 is 0 Å². The summed E-state index contributed by atoms with van der Waals surface area (Å²) in [4.78, 5) is 37.3. The number of hydrogen-bond acceptors (Lipinski definition) is 3. The van der Waals surface area contributed by atoms with Gasteiger partial charge in [-0.25, -0.2) is 0 Å². The van der Waals surface area contributed by atoms with Crippen molar-refractivity contribution in [3.63, 3.8) is 0 Å². The summed E-state index contributed by atoms with van der Waals surface area (Å²) in [7, 11) is 0. The molecule has 0 aliphatic heterocycles. The Bertz CT molecular complexity index is 785. The zero-order valence-electron chi connectivity index (χ0n) is 15.5. The van der Waals surface area contributed by atoms with Gasteiger partial charge in [-0.1, -0.05) is 56.1 Å². The summed E-state index contributed by atoms with van der Waals surface area (Å²) in [6, 6.07) is 14.6. The molecule has 0 heterocycles. The second-order valence-electron chi connectivity index (χ2n) is 7.31. The second-order valence-corrected chi connectivity index (χ2v) is 9.14. The maximum atomic E-state index is 12.7. The lowest BCUT2D eigenvalue weighted by Gasteiger charge is -2.10. The fraction of sp³-hybridized carbons (Fsp3) is 0.348. The van der Waals surface area contributed by atoms with Crippen molar-refractivity contribution < 1.29 is 14.4 Å². The molecule has 1 saturated carbocycles. The molecule has 28 heavy (non-hydrogen) atoms. The molecule has 0 bridgehead atoms. The maximum absolute atomic E-state index is 12.7. The zero-order chi connectivity index (χ0) is 20.1. The van der Waals surface area contributed by atoms with Gasteiger partial charge in [0.15, 0.2) is 11.6 Å². The fourth-order valence-electron chi connectivity index (χ4n) is 3.76. The van der Waals surface area contributed by atoms with E-state index in [1.807, 2.05) is 24.3 Å². The molecule has 1 aliphatic rings. The summed E-state index contributed by atoms with van der Waals surface area (Å²) in [5.41, 5.74) is 1.37. The van der Waals surface area contributed by atoms with Gasteiger partial charge in [-0.2, -0.15) is 0 Å². The van der Waals surface area contributed by atoms with Gasteiger partial charge in [0.2, 0.25) is 0 Å². The molecule has 2 atom stereocenters. The molecule has 3 nitrogen and oxygen atoms in total. The first kappa shape index (κ1) is 21.1. The summed E-state index contributed by atoms with van der Waals surface area (Å²) < 4.78 is 1.88. The van der Waals surface area contributed by atoms with Crippen LogP contribution in [0.5, 0.6) is 0 Å². The van der Waals surface area contributed by atoms with Gasteiger partial charge in [0.25, 0.3) is 0 Å². The van der Waals surface area contributed by atoms with E-state index in [1.54, 1.807) is 24.3 Å². The molecule has 146 valence electrons. The van der Waals surface area contributed by atoms with Crippen molar-refractivity contribution in [2.45, 2.75) is 38.5 Å². The third-order valence-corrected chi connectivity index (χ3v) is 6.50. The van der Waals surface area contributed by atoms with Crippen molar-refractivity contribution in [2.75, 3.05) is 0 Å². The van der Waals surface area contributed by atoms with Crippen molar-refractivity contribution in [2.24, 2.45) is 11.8 Å². The van der Waals surface area contributed by atoms with Crippen LogP contribution in [0.1, 0.15) is 59.2 Å². The van der Waals surface area contributed by atoms with Gasteiger partial charge in [0, 0.05) is 44.7 Å². The molecule has 0 aromatic heterocycles. The van der Waals surface area contributed by atoms with Crippen LogP contribution in [0.4, 0.5) is 0 Å². The minimum atomic E-state index is -0.0489. The average molecular weight is 506 g/mol. The van der Waals surface area contributed by atoms with E-state index in [1.165, 1.54) is 0 Å². The molecule has 1 aliphatic carbocycles. The predicted molar refractivity (Wildman–Crippen MR) is 117 cm³/mol. The van der Waals surface area contributed by atoms with E-state index in [0.717, 1.165) is 21.8 Å². The Morgan fingerprint density at radius 3 is 1.43 bits per heavy atom. The highest BCUT2D eigenvalue weighted by atomic mass is 79.9. The van der Waals surface area contributed by atoms with Gasteiger partial charge < -0.3 is 0 Å². The van der Waals surface area contributed by atoms with Crippen molar-refractivity contribution in [1.82, 2.24) is 0 Å². The molecule has 1 fully saturated rings. The number of carbonyl (C=O) groups is 3. The Hall–Kier alpha value is -1.59. The number of carbonyl (C=O) groups excluding carboxylic acids is 3. The predicted octanol–water partition coefficient (Wildman–Crippen LogP) is 6.43. The van der Waals surface area contributed by atoms with E-state index in [4.69, 9.17) is 0 Å². The summed E-state index contributed by atoms with van der Waals surface area (Å²) in [6.45, 7) is 0. The Balaban J connectivity index is 1.46. The van der Waals surface area contributed by atoms with Gasteiger partial charge in [0.05, 0.1) is 0 Å². The molecular formula is C23H22Br2O3. The molecule has 3 rings (SSSR count). The first-order chi connectivity index (χ1) is 13.4. The Kier molecular flexibility index (Phi) is 7.36. The molecule has 0 saturated heterocycles. The molecule has 0 radical (unpaired) electrons. The van der Waals surface area contributed by atoms with Crippen molar-refractivity contribution in [3.05, 3.63) is 68.6 Å². The quantitative estimate of drug-likeness (QED) is 0.388. The lowest BCUT2D eigenvalue weighted by atomic mass is 9.92. The first-order valence-electron chi connectivity index (χ1n) is 9.55. The standard InChI is InChI=1S/C23H22Br2O3/c24-19-9-3-15(4-10-19)21(26)13-7-17-1-2-18(23(17)28)8-14-22(27)16-5-11-20(25)12-6-16/h3-6,9-12,17-18H,1-2,7-8,13-14H2/t17-,18+. The first-order valence-corrected chi connectivity index (χ1v) is 11.1. The molecule has 0 spiro atoms. The zero-order valence-corrected chi connectivity index (χ0v) is 18.7. The van der Waals surface area contributed by atoms with Crippen LogP contribution in [0, 0.1) is 11.8 Å². The highest BCUT2D eigenvalue weighted by Gasteiger charge is 2.34. The van der Waals surface area contributed by atoms with Crippen LogP contribution in [0.15, 0.2) is 57.5 Å². The SMILES string of the molecule is O=C(CC[C@@H]1CC[C@H](CCC(=O)c2ccc(Br)cc2)C1=O)c1ccc(Br)cc1. The van der Waals surface area contributed by atoms with Gasteiger partial charge in [-0.3, -0.25) is 14.4 Å². The summed E-state index contributed by atoms with van der Waals surface area (Å²) in [6.07, 6.45) is 3.63. The van der Waals surface area contributed by atoms with Crippen LogP contribution in [-0.2, 0) is 4.79 Å². The fourth-order valence-corrected chi connectivity index (χ4v) is 4.29. The molecule has 5 heteroatoms. The number of Topliss-reactive ketones (excluding diaryl/α,β-unsaturated/α-hetero) is 3. The molecule has 0 amide bonds. The largest absolute Gasteiger partial charge is 0.299 e. The lowest BCUT2D eigenvalue weighted by Crippen LogP contribution is -2.16. The molecule has 0 N–H and O–H groups in total. The number of ketones is 3. The molecule has 2 aromatic carbocycles. The van der Waals surface area contributed by atoms with E-state index in [-0.39, 0.29) is 29.2 Å². The van der Waals surface area contributed by atoms with Crippen LogP contribution in [-0.4, -0.2) is 17.3 Å². The van der Waals surface area contributed by atoms with Crippen LogP contribution in [0.25, 0.3) is 0 Å². The molecule has 2 aromatic rings. The Labute approximate surface area is 182 Å². The summed E-state index contributed by atoms with van der Waals surface area (Å²) >= 11 is 6.73. The van der Waals surface area contributed by atoms with Gasteiger partial charge in [-0.15, -0.1) is 0 Å². The molecule has 0 unspecified atom stereocenters.